The highest BCUT2D eigenvalue weighted by molar-refractivity contribution is 5.96. The highest BCUT2D eigenvalue weighted by Gasteiger charge is 2.26. The quantitative estimate of drug-likeness (QED) is 0.581. The molecule has 138 valence electrons. The van der Waals surface area contributed by atoms with Crippen molar-refractivity contribution >= 4 is 11.9 Å². The van der Waals surface area contributed by atoms with Crippen molar-refractivity contribution in [3.63, 3.8) is 0 Å². The van der Waals surface area contributed by atoms with E-state index in [1.807, 2.05) is 26.0 Å². The Hall–Kier alpha value is -2.76. The second kappa shape index (κ2) is 9.65. The molecule has 0 spiro atoms. The number of hydrogen-bond donors (Lipinski definition) is 1. The number of nitrogens with zero attached hydrogens (tertiary/aromatic N) is 1. The Balaban J connectivity index is 1.84. The van der Waals surface area contributed by atoms with Gasteiger partial charge in [0.25, 0.3) is 5.91 Å². The molecule has 2 rings (SSSR count). The van der Waals surface area contributed by atoms with E-state index in [0.717, 1.165) is 12.0 Å². The van der Waals surface area contributed by atoms with Crippen LogP contribution in [0.5, 0.6) is 0 Å². The van der Waals surface area contributed by atoms with Crippen molar-refractivity contribution in [1.82, 2.24) is 10.3 Å². The molecule has 0 saturated carbocycles. The minimum Gasteiger partial charge on any atom is -0.464 e. The first-order valence-corrected chi connectivity index (χ1v) is 8.59. The molecular weight excluding hydrogens is 335 g/mol. The Morgan fingerprint density at radius 2 is 1.77 bits per heavy atom. The summed E-state index contributed by atoms with van der Waals surface area (Å²) in [5, 5.41) is 2.67. The fourth-order valence-electron chi connectivity index (χ4n) is 2.41. The van der Waals surface area contributed by atoms with Crippen LogP contribution >= 0.6 is 0 Å². The van der Waals surface area contributed by atoms with E-state index in [2.05, 4.69) is 10.3 Å². The lowest BCUT2D eigenvalue weighted by molar-refractivity contribution is -0.147. The van der Waals surface area contributed by atoms with Gasteiger partial charge in [-0.2, -0.15) is 0 Å². The van der Waals surface area contributed by atoms with Gasteiger partial charge in [0.15, 0.2) is 0 Å². The smallest absolute Gasteiger partial charge is 0.328 e. The zero-order valence-corrected chi connectivity index (χ0v) is 14.9. The number of aryl methyl sites for hydroxylation is 1. The van der Waals surface area contributed by atoms with Crippen molar-refractivity contribution in [1.29, 1.82) is 0 Å². The zero-order chi connectivity index (χ0) is 18.9. The molecule has 1 aromatic carbocycles. The molecule has 0 aliphatic rings. The summed E-state index contributed by atoms with van der Waals surface area (Å²) in [4.78, 5) is 28.5. The Bertz CT molecular complexity index is 718. The number of carbonyl (C=O) groups excluding carboxylic acids is 2. The number of pyridine rings is 1. The lowest BCUT2D eigenvalue weighted by Crippen LogP contribution is -2.45. The largest absolute Gasteiger partial charge is 0.464 e. The average Bonchev–Trinajstić information content (AvgIpc) is 2.64. The molecule has 0 bridgehead atoms. The maximum Gasteiger partial charge on any atom is 0.328 e. The molecule has 5 nitrogen and oxygen atoms in total. The fourth-order valence-corrected chi connectivity index (χ4v) is 2.41. The van der Waals surface area contributed by atoms with Crippen LogP contribution in [-0.2, 0) is 16.0 Å². The molecule has 1 N–H and O–H groups in total. The summed E-state index contributed by atoms with van der Waals surface area (Å²) in [6.07, 6.45) is 4.92. The van der Waals surface area contributed by atoms with Crippen molar-refractivity contribution in [3.8, 4) is 0 Å². The summed E-state index contributed by atoms with van der Waals surface area (Å²) in [5.41, 5.74) is 1.42. The van der Waals surface area contributed by atoms with Crippen LogP contribution in [0.2, 0.25) is 0 Å². The van der Waals surface area contributed by atoms with Crippen LogP contribution in [0.4, 0.5) is 4.39 Å². The number of aromatic nitrogens is 1. The molecule has 2 aromatic rings. The van der Waals surface area contributed by atoms with Crippen LogP contribution in [0.15, 0.2) is 48.8 Å². The molecule has 0 aliphatic heterocycles. The van der Waals surface area contributed by atoms with Gasteiger partial charge in [-0.05, 0) is 60.7 Å². The summed E-state index contributed by atoms with van der Waals surface area (Å²) in [6.45, 7) is 3.93. The van der Waals surface area contributed by atoms with Gasteiger partial charge < -0.3 is 10.1 Å². The molecule has 1 amide bonds. The summed E-state index contributed by atoms with van der Waals surface area (Å²) >= 11 is 0. The summed E-state index contributed by atoms with van der Waals surface area (Å²) in [6, 6.07) is 8.24. The van der Waals surface area contributed by atoms with Crippen molar-refractivity contribution in [2.45, 2.75) is 32.7 Å². The van der Waals surface area contributed by atoms with Crippen LogP contribution < -0.4 is 5.32 Å². The second-order valence-electron chi connectivity index (χ2n) is 6.33. The van der Waals surface area contributed by atoms with E-state index in [1.165, 1.54) is 24.3 Å². The third-order valence-electron chi connectivity index (χ3n) is 3.92. The molecule has 0 saturated heterocycles. The maximum atomic E-state index is 13.0. The number of benzene rings is 1. The standard InChI is InChI=1S/C20H23FN2O3/c1-14(2)18(23-19(24)16-5-7-17(21)8-6-16)20(25)26-13-3-4-15-9-11-22-12-10-15/h5-12,14,18H,3-4,13H2,1-2H3,(H,23,24)/t18-/m1/s1. The highest BCUT2D eigenvalue weighted by atomic mass is 19.1. The molecule has 0 aliphatic carbocycles. The van der Waals surface area contributed by atoms with E-state index >= 15 is 0 Å². The molecule has 0 unspecified atom stereocenters. The molecule has 1 heterocycles. The number of rotatable bonds is 8. The number of carbonyl (C=O) groups is 2. The minimum atomic E-state index is -0.756. The molecule has 6 heteroatoms. The van der Waals surface area contributed by atoms with Gasteiger partial charge >= 0.3 is 5.97 Å². The first-order chi connectivity index (χ1) is 12.5. The summed E-state index contributed by atoms with van der Waals surface area (Å²) in [5.74, 6) is -1.45. The zero-order valence-electron chi connectivity index (χ0n) is 14.9. The van der Waals surface area contributed by atoms with Crippen LogP contribution in [0.1, 0.15) is 36.2 Å². The molecule has 26 heavy (non-hydrogen) atoms. The Labute approximate surface area is 152 Å². The first kappa shape index (κ1) is 19.6. The Morgan fingerprint density at radius 3 is 2.38 bits per heavy atom. The van der Waals surface area contributed by atoms with Gasteiger partial charge in [-0.3, -0.25) is 9.78 Å². The molecule has 1 atom stereocenters. The average molecular weight is 358 g/mol. The molecule has 0 radical (unpaired) electrons. The van der Waals surface area contributed by atoms with Crippen molar-refractivity contribution in [2.75, 3.05) is 6.61 Å². The van der Waals surface area contributed by atoms with Gasteiger partial charge in [0.05, 0.1) is 6.61 Å². The summed E-state index contributed by atoms with van der Waals surface area (Å²) in [7, 11) is 0. The van der Waals surface area contributed by atoms with Gasteiger partial charge in [0.2, 0.25) is 0 Å². The van der Waals surface area contributed by atoms with Crippen molar-refractivity contribution < 1.29 is 18.7 Å². The first-order valence-electron chi connectivity index (χ1n) is 8.59. The third kappa shape index (κ3) is 5.95. The number of esters is 1. The number of amides is 1. The topological polar surface area (TPSA) is 68.3 Å². The maximum absolute atomic E-state index is 13.0. The van der Waals surface area contributed by atoms with Gasteiger partial charge in [-0.1, -0.05) is 13.8 Å². The van der Waals surface area contributed by atoms with E-state index in [1.54, 1.807) is 12.4 Å². The van der Waals surface area contributed by atoms with Crippen LogP contribution in [0.3, 0.4) is 0 Å². The van der Waals surface area contributed by atoms with E-state index < -0.39 is 23.7 Å². The summed E-state index contributed by atoms with van der Waals surface area (Å²) < 4.78 is 18.3. The van der Waals surface area contributed by atoms with Gasteiger partial charge in [0, 0.05) is 18.0 Å². The monoisotopic (exact) mass is 358 g/mol. The van der Waals surface area contributed by atoms with E-state index in [9.17, 15) is 14.0 Å². The normalized spacial score (nSPS) is 11.8. The van der Waals surface area contributed by atoms with Crippen molar-refractivity contribution in [2.24, 2.45) is 5.92 Å². The van der Waals surface area contributed by atoms with Gasteiger partial charge in [-0.15, -0.1) is 0 Å². The Kier molecular flexibility index (Phi) is 7.26. The third-order valence-corrected chi connectivity index (χ3v) is 3.92. The van der Waals surface area contributed by atoms with Gasteiger partial charge in [-0.25, -0.2) is 9.18 Å². The van der Waals surface area contributed by atoms with E-state index in [0.29, 0.717) is 12.0 Å². The lowest BCUT2D eigenvalue weighted by Gasteiger charge is -2.21. The fraction of sp³-hybridized carbons (Fsp3) is 0.350. The van der Waals surface area contributed by atoms with E-state index in [-0.39, 0.29) is 12.5 Å². The lowest BCUT2D eigenvalue weighted by atomic mass is 10.0. The molecule has 1 aromatic heterocycles. The van der Waals surface area contributed by atoms with Crippen LogP contribution in [-0.4, -0.2) is 29.5 Å². The predicted molar refractivity (Wildman–Crippen MR) is 96.0 cm³/mol. The highest BCUT2D eigenvalue weighted by Crippen LogP contribution is 2.09. The number of nitrogens with one attached hydrogen (secondary N) is 1. The molecule has 0 fully saturated rings. The Morgan fingerprint density at radius 1 is 1.12 bits per heavy atom. The van der Waals surface area contributed by atoms with Crippen LogP contribution in [0, 0.1) is 11.7 Å². The predicted octanol–water partition coefficient (Wildman–Crippen LogP) is 3.15. The number of ether oxygens (including phenoxy) is 1. The molecular formula is C20H23FN2O3. The minimum absolute atomic E-state index is 0.132. The van der Waals surface area contributed by atoms with Crippen LogP contribution in [0.25, 0.3) is 0 Å². The SMILES string of the molecule is CC(C)[C@@H](NC(=O)c1ccc(F)cc1)C(=O)OCCCc1ccncc1. The number of halogens is 1. The van der Waals surface area contributed by atoms with Gasteiger partial charge in [0.1, 0.15) is 11.9 Å². The van der Waals surface area contributed by atoms with E-state index in [4.69, 9.17) is 4.74 Å². The second-order valence-corrected chi connectivity index (χ2v) is 6.33. The number of hydrogen-bond acceptors (Lipinski definition) is 4. The van der Waals surface area contributed by atoms with Crippen molar-refractivity contribution in [3.05, 3.63) is 65.7 Å².